The second-order valence-electron chi connectivity index (χ2n) is 6.07. The standard InChI is InChI=1S/C14H20N6/c1-19-6-2-4-14(19)5-3-7-20(8-14)13-11-12(16-9-15-11)17-10-18-13/h9-10H,2-8H2,1H3,(H,15,16,17,18). The van der Waals surface area contributed by atoms with Gasteiger partial charge in [-0.2, -0.15) is 0 Å². The van der Waals surface area contributed by atoms with Gasteiger partial charge in [-0.1, -0.05) is 0 Å². The van der Waals surface area contributed by atoms with Crippen molar-refractivity contribution in [2.45, 2.75) is 31.2 Å². The number of likely N-dealkylation sites (N-methyl/N-ethyl adjacent to an activating group) is 1. The topological polar surface area (TPSA) is 60.9 Å². The maximum absolute atomic E-state index is 4.51. The lowest BCUT2D eigenvalue weighted by Crippen LogP contribution is -2.54. The molecule has 1 N–H and O–H groups in total. The van der Waals surface area contributed by atoms with E-state index in [0.717, 1.165) is 30.1 Å². The summed E-state index contributed by atoms with van der Waals surface area (Å²) in [4.78, 5) is 21.1. The molecule has 0 saturated carbocycles. The summed E-state index contributed by atoms with van der Waals surface area (Å²) in [5.74, 6) is 1.01. The predicted octanol–water partition coefficient (Wildman–Crippen LogP) is 1.42. The van der Waals surface area contributed by atoms with Gasteiger partial charge in [0, 0.05) is 18.6 Å². The lowest BCUT2D eigenvalue weighted by molar-refractivity contribution is 0.147. The molecule has 1 atom stereocenters. The molecule has 1 spiro atoms. The highest BCUT2D eigenvalue weighted by molar-refractivity contribution is 5.82. The van der Waals surface area contributed by atoms with Gasteiger partial charge in [0.25, 0.3) is 0 Å². The Morgan fingerprint density at radius 2 is 2.00 bits per heavy atom. The summed E-state index contributed by atoms with van der Waals surface area (Å²) in [6.45, 7) is 3.35. The first kappa shape index (κ1) is 12.1. The van der Waals surface area contributed by atoms with E-state index < -0.39 is 0 Å². The number of piperidine rings is 1. The maximum atomic E-state index is 4.51. The fourth-order valence-electron chi connectivity index (χ4n) is 3.87. The maximum Gasteiger partial charge on any atom is 0.182 e. The van der Waals surface area contributed by atoms with Crippen molar-refractivity contribution in [3.63, 3.8) is 0 Å². The number of nitrogens with one attached hydrogen (secondary N) is 1. The number of hydrogen-bond donors (Lipinski definition) is 1. The fourth-order valence-corrected chi connectivity index (χ4v) is 3.87. The molecule has 0 aliphatic carbocycles. The van der Waals surface area contributed by atoms with Crippen LogP contribution in [0.5, 0.6) is 0 Å². The number of anilines is 1. The lowest BCUT2D eigenvalue weighted by atomic mass is 9.86. The van der Waals surface area contributed by atoms with E-state index >= 15 is 0 Å². The summed E-state index contributed by atoms with van der Waals surface area (Å²) in [7, 11) is 2.27. The Labute approximate surface area is 118 Å². The second-order valence-corrected chi connectivity index (χ2v) is 6.07. The zero-order chi connectivity index (χ0) is 13.6. The van der Waals surface area contributed by atoms with Crippen molar-refractivity contribution in [1.82, 2.24) is 24.8 Å². The number of aromatic amines is 1. The van der Waals surface area contributed by atoms with Gasteiger partial charge in [-0.25, -0.2) is 15.0 Å². The second kappa shape index (κ2) is 4.41. The largest absolute Gasteiger partial charge is 0.353 e. The van der Waals surface area contributed by atoms with Crippen molar-refractivity contribution in [3.8, 4) is 0 Å². The van der Waals surface area contributed by atoms with Crippen LogP contribution in [0.3, 0.4) is 0 Å². The van der Waals surface area contributed by atoms with E-state index in [1.807, 2.05) is 0 Å². The number of rotatable bonds is 1. The van der Waals surface area contributed by atoms with Crippen molar-refractivity contribution >= 4 is 17.0 Å². The number of H-pyrrole nitrogens is 1. The van der Waals surface area contributed by atoms with Gasteiger partial charge in [-0.3, -0.25) is 4.90 Å². The van der Waals surface area contributed by atoms with Crippen molar-refractivity contribution in [2.75, 3.05) is 31.6 Å². The molecule has 0 bridgehead atoms. The van der Waals surface area contributed by atoms with E-state index in [4.69, 9.17) is 0 Å². The highest BCUT2D eigenvalue weighted by atomic mass is 15.3. The minimum atomic E-state index is 0.343. The predicted molar refractivity (Wildman–Crippen MR) is 77.7 cm³/mol. The Balaban J connectivity index is 1.70. The molecule has 2 aromatic rings. The molecule has 0 amide bonds. The van der Waals surface area contributed by atoms with E-state index in [1.165, 1.54) is 32.2 Å². The Bertz CT molecular complexity index is 623. The highest BCUT2D eigenvalue weighted by Crippen LogP contribution is 2.37. The lowest BCUT2D eigenvalue weighted by Gasteiger charge is -2.45. The van der Waals surface area contributed by atoms with Crippen LogP contribution in [0.25, 0.3) is 11.2 Å². The third-order valence-electron chi connectivity index (χ3n) is 5.00. The Morgan fingerprint density at radius 1 is 1.15 bits per heavy atom. The van der Waals surface area contributed by atoms with Crippen LogP contribution < -0.4 is 4.90 Å². The molecule has 2 aliphatic heterocycles. The number of hydrogen-bond acceptors (Lipinski definition) is 5. The van der Waals surface area contributed by atoms with Crippen LogP contribution in [0.2, 0.25) is 0 Å². The molecule has 1 unspecified atom stereocenters. The van der Waals surface area contributed by atoms with E-state index in [1.54, 1.807) is 12.7 Å². The number of imidazole rings is 1. The molecule has 20 heavy (non-hydrogen) atoms. The summed E-state index contributed by atoms with van der Waals surface area (Å²) in [6, 6.07) is 0. The van der Waals surface area contributed by atoms with E-state index in [9.17, 15) is 0 Å². The fraction of sp³-hybridized carbons (Fsp3) is 0.643. The minimum Gasteiger partial charge on any atom is -0.353 e. The molecular weight excluding hydrogens is 252 g/mol. The van der Waals surface area contributed by atoms with Crippen LogP contribution >= 0.6 is 0 Å². The molecule has 0 aromatic carbocycles. The number of nitrogens with zero attached hydrogens (tertiary/aromatic N) is 5. The molecule has 2 saturated heterocycles. The van der Waals surface area contributed by atoms with Crippen molar-refractivity contribution in [2.24, 2.45) is 0 Å². The first-order valence-corrected chi connectivity index (χ1v) is 7.39. The molecular formula is C14H20N6. The summed E-state index contributed by atoms with van der Waals surface area (Å²) in [5.41, 5.74) is 2.06. The SMILES string of the molecule is CN1CCCC12CCCN(c1ncnc3nc[nH]c13)C2. The number of aromatic nitrogens is 4. The van der Waals surface area contributed by atoms with Crippen LogP contribution in [0.4, 0.5) is 5.82 Å². The van der Waals surface area contributed by atoms with E-state index in [0.29, 0.717) is 5.54 Å². The monoisotopic (exact) mass is 272 g/mol. The van der Waals surface area contributed by atoms with Gasteiger partial charge in [0.1, 0.15) is 11.8 Å². The third-order valence-corrected chi connectivity index (χ3v) is 5.00. The molecule has 2 aromatic heterocycles. The van der Waals surface area contributed by atoms with Crippen molar-refractivity contribution in [1.29, 1.82) is 0 Å². The van der Waals surface area contributed by atoms with Crippen LogP contribution in [0.1, 0.15) is 25.7 Å². The summed E-state index contributed by atoms with van der Waals surface area (Å²) in [6.07, 6.45) is 8.47. The molecule has 6 nitrogen and oxygen atoms in total. The van der Waals surface area contributed by atoms with E-state index in [-0.39, 0.29) is 0 Å². The van der Waals surface area contributed by atoms with Crippen molar-refractivity contribution < 1.29 is 0 Å². The molecule has 106 valence electrons. The van der Waals surface area contributed by atoms with Gasteiger partial charge in [0.2, 0.25) is 0 Å². The van der Waals surface area contributed by atoms with Gasteiger partial charge in [0.15, 0.2) is 11.5 Å². The van der Waals surface area contributed by atoms with Gasteiger partial charge in [0.05, 0.1) is 6.33 Å². The van der Waals surface area contributed by atoms with Gasteiger partial charge in [-0.05, 0) is 39.3 Å². The average Bonchev–Trinajstić information content (AvgIpc) is 3.07. The minimum absolute atomic E-state index is 0.343. The molecule has 2 fully saturated rings. The summed E-state index contributed by atoms with van der Waals surface area (Å²) < 4.78 is 0. The number of likely N-dealkylation sites (tertiary alicyclic amines) is 1. The molecule has 4 heterocycles. The Kier molecular flexibility index (Phi) is 2.66. The van der Waals surface area contributed by atoms with Crippen molar-refractivity contribution in [3.05, 3.63) is 12.7 Å². The van der Waals surface area contributed by atoms with Crippen LogP contribution in [0, 0.1) is 0 Å². The Hall–Kier alpha value is -1.69. The van der Waals surface area contributed by atoms with Crippen LogP contribution in [-0.2, 0) is 0 Å². The third kappa shape index (κ3) is 1.71. The zero-order valence-corrected chi connectivity index (χ0v) is 11.8. The van der Waals surface area contributed by atoms with Gasteiger partial charge >= 0.3 is 0 Å². The number of fused-ring (bicyclic) bond motifs is 1. The molecule has 0 radical (unpaired) electrons. The summed E-state index contributed by atoms with van der Waals surface area (Å²) >= 11 is 0. The summed E-state index contributed by atoms with van der Waals surface area (Å²) in [5, 5.41) is 0. The highest BCUT2D eigenvalue weighted by Gasteiger charge is 2.42. The first-order chi connectivity index (χ1) is 9.78. The molecule has 2 aliphatic rings. The zero-order valence-electron chi connectivity index (χ0n) is 11.8. The smallest absolute Gasteiger partial charge is 0.182 e. The van der Waals surface area contributed by atoms with Gasteiger partial charge < -0.3 is 9.88 Å². The van der Waals surface area contributed by atoms with Crippen LogP contribution in [0.15, 0.2) is 12.7 Å². The van der Waals surface area contributed by atoms with Gasteiger partial charge in [-0.15, -0.1) is 0 Å². The Morgan fingerprint density at radius 3 is 2.85 bits per heavy atom. The normalized spacial score (nSPS) is 27.8. The first-order valence-electron chi connectivity index (χ1n) is 7.39. The molecule has 6 heteroatoms. The quantitative estimate of drug-likeness (QED) is 0.850. The molecule has 4 rings (SSSR count). The van der Waals surface area contributed by atoms with Crippen LogP contribution in [-0.4, -0.2) is 57.1 Å². The van der Waals surface area contributed by atoms with E-state index in [2.05, 4.69) is 36.8 Å². The average molecular weight is 272 g/mol.